The molecule has 0 unspecified atom stereocenters. The first-order chi connectivity index (χ1) is 31.1. The number of benzene rings is 10. The Morgan fingerprint density at radius 3 is 1.00 bits per heavy atom. The molecule has 0 atom stereocenters. The van der Waals surface area contributed by atoms with Crippen LogP contribution < -0.4 is 9.80 Å². The summed E-state index contributed by atoms with van der Waals surface area (Å²) in [4.78, 5) is 5.11. The van der Waals surface area contributed by atoms with Crippen molar-refractivity contribution in [2.24, 2.45) is 0 Å². The van der Waals surface area contributed by atoms with Crippen molar-refractivity contribution in [2.45, 2.75) is 67.2 Å². The van der Waals surface area contributed by atoms with E-state index in [0.717, 1.165) is 11.4 Å². The van der Waals surface area contributed by atoms with Gasteiger partial charge >= 0.3 is 0 Å². The van der Waals surface area contributed by atoms with Gasteiger partial charge in [-0.1, -0.05) is 173 Å². The van der Waals surface area contributed by atoms with Crippen molar-refractivity contribution in [1.29, 1.82) is 0 Å². The molecule has 64 heavy (non-hydrogen) atoms. The predicted octanol–water partition coefficient (Wildman–Crippen LogP) is 18.3. The SMILES string of the molecule is Cc1cccc(C)c1N(c1cccc(-c2ccccc2)c1)c1cc(C(C)C)c2ccc3c(N(c4cccc(-c5ccccc5)c4)c4c(C)cccc4C)cc(C(C)C)c4ccc1c2c43. The van der Waals surface area contributed by atoms with Crippen LogP contribution in [-0.4, -0.2) is 0 Å². The van der Waals surface area contributed by atoms with Gasteiger partial charge in [0.25, 0.3) is 0 Å². The fourth-order valence-corrected chi connectivity index (χ4v) is 10.3. The number of aryl methyl sites for hydroxylation is 4. The van der Waals surface area contributed by atoms with Crippen LogP contribution in [0.4, 0.5) is 34.1 Å². The van der Waals surface area contributed by atoms with Gasteiger partial charge < -0.3 is 9.80 Å². The van der Waals surface area contributed by atoms with E-state index in [0.29, 0.717) is 0 Å². The summed E-state index contributed by atoms with van der Waals surface area (Å²) in [6, 6.07) is 67.8. The van der Waals surface area contributed by atoms with Gasteiger partial charge in [-0.05, 0) is 153 Å². The fraction of sp³-hybridized carbons (Fsp3) is 0.161. The minimum absolute atomic E-state index is 0.287. The lowest BCUT2D eigenvalue weighted by Crippen LogP contribution is -2.15. The minimum atomic E-state index is 0.287. The summed E-state index contributed by atoms with van der Waals surface area (Å²) in [6.45, 7) is 18.4. The van der Waals surface area contributed by atoms with Gasteiger partial charge in [0.1, 0.15) is 0 Å². The van der Waals surface area contributed by atoms with Crippen LogP contribution in [0.2, 0.25) is 0 Å². The van der Waals surface area contributed by atoms with Crippen LogP contribution in [0.1, 0.15) is 72.9 Å². The number of hydrogen-bond donors (Lipinski definition) is 0. The summed E-state index contributed by atoms with van der Waals surface area (Å²) >= 11 is 0. The quantitative estimate of drug-likeness (QED) is 0.127. The first-order valence-electron chi connectivity index (χ1n) is 22.9. The van der Waals surface area contributed by atoms with Crippen LogP contribution in [0, 0.1) is 27.7 Å². The molecule has 2 heteroatoms. The zero-order valence-corrected chi connectivity index (χ0v) is 38.4. The summed E-state index contributed by atoms with van der Waals surface area (Å²) in [5.74, 6) is 0.573. The van der Waals surface area contributed by atoms with E-state index < -0.39 is 0 Å². The number of nitrogens with zero attached hydrogens (tertiary/aromatic N) is 2. The van der Waals surface area contributed by atoms with E-state index in [9.17, 15) is 0 Å². The standard InChI is InChI=1S/C62H56N2/c1-39(2)55-37-57(63(61-41(5)19-15-20-42(61)6)49-29-17-27-47(35-49)45-23-11-9-12-24-45)53-34-32-52-56(40(3)4)38-58(54-33-31-51(55)59(53)60(52)54)64(62-43(7)21-16-22-44(62)8)50-30-18-28-48(36-50)46-25-13-10-14-26-46/h9-40H,1-8H3. The molecule has 10 aromatic rings. The minimum Gasteiger partial charge on any atom is -0.309 e. The number of rotatable bonds is 10. The lowest BCUT2D eigenvalue weighted by molar-refractivity contribution is 0.875. The van der Waals surface area contributed by atoms with Gasteiger partial charge in [-0.2, -0.15) is 0 Å². The van der Waals surface area contributed by atoms with Crippen molar-refractivity contribution in [2.75, 3.05) is 9.80 Å². The normalized spacial score (nSPS) is 11.7. The van der Waals surface area contributed by atoms with Crippen LogP contribution in [0.25, 0.3) is 54.6 Å². The topological polar surface area (TPSA) is 6.48 Å². The van der Waals surface area contributed by atoms with Crippen LogP contribution >= 0.6 is 0 Å². The smallest absolute Gasteiger partial charge is 0.0543 e. The molecule has 0 radical (unpaired) electrons. The number of hydrogen-bond acceptors (Lipinski definition) is 2. The summed E-state index contributed by atoms with van der Waals surface area (Å²) in [5.41, 5.74) is 19.6. The van der Waals surface area contributed by atoms with Crippen LogP contribution in [0.15, 0.2) is 182 Å². The molecule has 0 saturated carbocycles. The highest BCUT2D eigenvalue weighted by molar-refractivity contribution is 6.29. The Balaban J connectivity index is 1.32. The maximum atomic E-state index is 2.55. The molecule has 0 aromatic heterocycles. The molecule has 0 saturated heterocycles. The predicted molar refractivity (Wildman–Crippen MR) is 278 cm³/mol. The van der Waals surface area contributed by atoms with Gasteiger partial charge in [0, 0.05) is 22.1 Å². The highest BCUT2D eigenvalue weighted by Gasteiger charge is 2.28. The molecule has 10 aromatic carbocycles. The van der Waals surface area contributed by atoms with Gasteiger partial charge in [0.05, 0.1) is 22.7 Å². The van der Waals surface area contributed by atoms with Crippen LogP contribution in [0.3, 0.4) is 0 Å². The molecule has 0 amide bonds. The van der Waals surface area contributed by atoms with Gasteiger partial charge in [-0.25, -0.2) is 0 Å². The van der Waals surface area contributed by atoms with Crippen LogP contribution in [-0.2, 0) is 0 Å². The molecule has 314 valence electrons. The second-order valence-electron chi connectivity index (χ2n) is 18.3. The van der Waals surface area contributed by atoms with Crippen LogP contribution in [0.5, 0.6) is 0 Å². The Kier molecular flexibility index (Phi) is 10.6. The Morgan fingerprint density at radius 1 is 0.312 bits per heavy atom. The van der Waals surface area contributed by atoms with Crippen molar-refractivity contribution in [3.63, 3.8) is 0 Å². The molecule has 0 spiro atoms. The van der Waals surface area contributed by atoms with E-state index in [4.69, 9.17) is 0 Å². The van der Waals surface area contributed by atoms with Crippen molar-refractivity contribution in [1.82, 2.24) is 0 Å². The fourth-order valence-electron chi connectivity index (χ4n) is 10.3. The molecule has 0 aliphatic heterocycles. The Morgan fingerprint density at radius 2 is 0.641 bits per heavy atom. The zero-order chi connectivity index (χ0) is 44.2. The summed E-state index contributed by atoms with van der Waals surface area (Å²) in [5, 5.41) is 7.80. The van der Waals surface area contributed by atoms with E-state index in [-0.39, 0.29) is 11.8 Å². The molecular weight excluding hydrogens is 773 g/mol. The molecule has 0 aliphatic carbocycles. The maximum absolute atomic E-state index is 2.55. The monoisotopic (exact) mass is 828 g/mol. The third-order valence-electron chi connectivity index (χ3n) is 13.4. The van der Waals surface area contributed by atoms with E-state index in [1.165, 1.54) is 111 Å². The average molecular weight is 829 g/mol. The second-order valence-corrected chi connectivity index (χ2v) is 18.3. The van der Waals surface area contributed by atoms with Crippen molar-refractivity contribution in [3.05, 3.63) is 215 Å². The lowest BCUT2D eigenvalue weighted by Gasteiger charge is -2.33. The number of para-hydroxylation sites is 2. The molecule has 0 N–H and O–H groups in total. The molecule has 0 fully saturated rings. The lowest BCUT2D eigenvalue weighted by atomic mass is 9.83. The van der Waals surface area contributed by atoms with Gasteiger partial charge in [-0.3, -0.25) is 0 Å². The number of anilines is 6. The molecular formula is C62H56N2. The van der Waals surface area contributed by atoms with E-state index in [1.54, 1.807) is 0 Å². The third kappa shape index (κ3) is 6.99. The van der Waals surface area contributed by atoms with E-state index in [1.807, 2.05) is 0 Å². The molecule has 0 bridgehead atoms. The van der Waals surface area contributed by atoms with Gasteiger partial charge in [0.15, 0.2) is 0 Å². The maximum Gasteiger partial charge on any atom is 0.0543 e. The Hall–Kier alpha value is -7.16. The largest absolute Gasteiger partial charge is 0.309 e. The van der Waals surface area contributed by atoms with Crippen molar-refractivity contribution in [3.8, 4) is 22.3 Å². The molecule has 0 heterocycles. The summed E-state index contributed by atoms with van der Waals surface area (Å²) < 4.78 is 0. The zero-order valence-electron chi connectivity index (χ0n) is 38.4. The molecule has 10 rings (SSSR count). The first-order valence-corrected chi connectivity index (χ1v) is 22.9. The Labute approximate surface area is 379 Å². The van der Waals surface area contributed by atoms with E-state index in [2.05, 4.69) is 247 Å². The average Bonchev–Trinajstić information content (AvgIpc) is 3.31. The molecule has 0 aliphatic rings. The third-order valence-corrected chi connectivity index (χ3v) is 13.4. The summed E-state index contributed by atoms with van der Waals surface area (Å²) in [6.07, 6.45) is 0. The highest BCUT2D eigenvalue weighted by Crippen LogP contribution is 2.52. The molecule has 2 nitrogen and oxygen atoms in total. The second kappa shape index (κ2) is 16.5. The van der Waals surface area contributed by atoms with Gasteiger partial charge in [-0.15, -0.1) is 0 Å². The highest BCUT2D eigenvalue weighted by atomic mass is 15.2. The first kappa shape index (κ1) is 40.9. The van der Waals surface area contributed by atoms with E-state index >= 15 is 0 Å². The van der Waals surface area contributed by atoms with Crippen molar-refractivity contribution >= 4 is 66.4 Å². The summed E-state index contributed by atoms with van der Waals surface area (Å²) in [7, 11) is 0. The Bertz CT molecular complexity index is 3060. The van der Waals surface area contributed by atoms with Crippen molar-refractivity contribution < 1.29 is 0 Å². The van der Waals surface area contributed by atoms with Gasteiger partial charge in [0.2, 0.25) is 0 Å².